The van der Waals surface area contributed by atoms with Crippen LogP contribution in [-0.4, -0.2) is 46.9 Å². The maximum Gasteiger partial charge on any atom is 0.252 e. The van der Waals surface area contributed by atoms with Gasteiger partial charge in [-0.15, -0.1) is 0 Å². The summed E-state index contributed by atoms with van der Waals surface area (Å²) in [5.74, 6) is -4.75. The number of nitrogens with two attached hydrogens (primary N) is 1. The number of benzene rings is 2. The van der Waals surface area contributed by atoms with E-state index in [0.29, 0.717) is 0 Å². The van der Waals surface area contributed by atoms with E-state index in [2.05, 4.69) is 10.3 Å². The number of carbonyl (C=O) groups excluding carboxylic acids is 3. The molecule has 0 spiro atoms. The summed E-state index contributed by atoms with van der Waals surface area (Å²) in [6.07, 6.45) is 1.21. The third-order valence-electron chi connectivity index (χ3n) is 7.52. The second-order valence-corrected chi connectivity index (χ2v) is 10.8. The van der Waals surface area contributed by atoms with Crippen LogP contribution in [0.1, 0.15) is 48.4 Å². The van der Waals surface area contributed by atoms with Crippen molar-refractivity contribution in [2.45, 2.75) is 49.7 Å². The molecule has 2 atom stereocenters. The van der Waals surface area contributed by atoms with Crippen molar-refractivity contribution in [1.29, 1.82) is 10.7 Å². The first kappa shape index (κ1) is 29.6. The third kappa shape index (κ3) is 5.76. The Morgan fingerprint density at radius 2 is 1.98 bits per heavy atom. The molecule has 2 aromatic carbocycles. The smallest absolute Gasteiger partial charge is 0.252 e. The van der Waals surface area contributed by atoms with Gasteiger partial charge in [0.2, 0.25) is 11.8 Å². The van der Waals surface area contributed by atoms with Crippen molar-refractivity contribution in [3.8, 4) is 6.07 Å². The molecule has 0 bridgehead atoms. The van der Waals surface area contributed by atoms with E-state index in [9.17, 15) is 28.4 Å². The Morgan fingerprint density at radius 1 is 1.23 bits per heavy atom. The fraction of sp³-hybridized carbons (Fsp3) is 0.267. The van der Waals surface area contributed by atoms with Crippen molar-refractivity contribution in [1.82, 2.24) is 10.3 Å². The molecule has 2 aliphatic rings. The molecule has 4 N–H and O–H groups in total. The Bertz CT molecular complexity index is 1650. The van der Waals surface area contributed by atoms with Gasteiger partial charge in [-0.25, -0.2) is 13.8 Å². The van der Waals surface area contributed by atoms with E-state index in [1.807, 2.05) is 6.07 Å². The molecule has 0 radical (unpaired) electrons. The summed E-state index contributed by atoms with van der Waals surface area (Å²) in [7, 11) is 0. The van der Waals surface area contributed by atoms with Gasteiger partial charge in [-0.1, -0.05) is 35.9 Å². The first-order valence-electron chi connectivity index (χ1n) is 13.4. The molecular weight excluding hydrogens is 580 g/mol. The number of carbonyl (C=O) groups is 3. The highest BCUT2D eigenvalue weighted by atomic mass is 35.5. The summed E-state index contributed by atoms with van der Waals surface area (Å²) < 4.78 is 27.4. The summed E-state index contributed by atoms with van der Waals surface area (Å²) in [6, 6.07) is 12.2. The summed E-state index contributed by atoms with van der Waals surface area (Å²) in [4.78, 5) is 48.3. The Kier molecular flexibility index (Phi) is 8.10. The Morgan fingerprint density at radius 3 is 2.65 bits per heavy atom. The number of nitrogen functional groups attached to an aromatic ring is 1. The third-order valence-corrected chi connectivity index (χ3v) is 7.86. The summed E-state index contributed by atoms with van der Waals surface area (Å²) >= 11 is 6.56. The summed E-state index contributed by atoms with van der Waals surface area (Å²) in [5, 5.41) is 20.2. The molecule has 5 rings (SSSR count). The molecule has 3 amide bonds. The van der Waals surface area contributed by atoms with Gasteiger partial charge in [-0.05, 0) is 36.8 Å². The van der Waals surface area contributed by atoms with E-state index < -0.39 is 54.6 Å². The van der Waals surface area contributed by atoms with Gasteiger partial charge in [0.05, 0.1) is 17.3 Å². The van der Waals surface area contributed by atoms with E-state index in [-0.39, 0.29) is 51.7 Å². The predicted molar refractivity (Wildman–Crippen MR) is 156 cm³/mol. The molecule has 13 heteroatoms. The highest BCUT2D eigenvalue weighted by molar-refractivity contribution is 6.32. The van der Waals surface area contributed by atoms with Gasteiger partial charge < -0.3 is 16.5 Å². The van der Waals surface area contributed by atoms with Gasteiger partial charge in [0.1, 0.15) is 17.9 Å². The Labute approximate surface area is 250 Å². The van der Waals surface area contributed by atoms with Crippen LogP contribution in [0, 0.1) is 16.7 Å². The average Bonchev–Trinajstić information content (AvgIpc) is 3.36. The normalized spacial score (nSPS) is 18.3. The average molecular weight is 606 g/mol. The van der Waals surface area contributed by atoms with Crippen LogP contribution < -0.4 is 20.9 Å². The molecule has 1 unspecified atom stereocenters. The number of anilines is 3. The van der Waals surface area contributed by atoms with Gasteiger partial charge in [-0.3, -0.25) is 24.2 Å². The number of hydrogen-bond donors (Lipinski definition) is 3. The molecular formula is C30H26ClF2N7O3. The van der Waals surface area contributed by atoms with Gasteiger partial charge in [0.25, 0.3) is 11.8 Å². The van der Waals surface area contributed by atoms with Crippen LogP contribution in [0.5, 0.6) is 0 Å². The minimum Gasteiger partial charge on any atom is -0.398 e. The number of aromatic nitrogens is 1. The fourth-order valence-electron chi connectivity index (χ4n) is 5.45. The maximum atomic E-state index is 14.7. The minimum atomic E-state index is -2.91. The molecule has 1 saturated carbocycles. The number of nitrogens with one attached hydrogen (secondary N) is 2. The number of rotatable bonds is 8. The van der Waals surface area contributed by atoms with Crippen LogP contribution in [0.15, 0.2) is 60.8 Å². The molecule has 1 aromatic heterocycles. The van der Waals surface area contributed by atoms with Crippen LogP contribution in [-0.2, 0) is 14.4 Å². The molecule has 3 aromatic rings. The Balaban J connectivity index is 1.66. The zero-order chi connectivity index (χ0) is 30.9. The van der Waals surface area contributed by atoms with Crippen molar-refractivity contribution < 1.29 is 23.2 Å². The highest BCUT2D eigenvalue weighted by Crippen LogP contribution is 2.40. The first-order chi connectivity index (χ1) is 20.5. The van der Waals surface area contributed by atoms with E-state index in [0.717, 1.165) is 11.1 Å². The molecule has 2 heterocycles. The quantitative estimate of drug-likeness (QED) is 0.256. The zero-order valence-corrected chi connectivity index (χ0v) is 23.4. The number of halogens is 3. The van der Waals surface area contributed by atoms with Crippen molar-refractivity contribution in [3.63, 3.8) is 0 Å². The van der Waals surface area contributed by atoms with Gasteiger partial charge in [0.15, 0.2) is 0 Å². The monoisotopic (exact) mass is 605 g/mol. The fourth-order valence-corrected chi connectivity index (χ4v) is 5.68. The molecule has 1 aliphatic carbocycles. The molecule has 220 valence electrons. The van der Waals surface area contributed by atoms with E-state index in [1.54, 1.807) is 18.2 Å². The van der Waals surface area contributed by atoms with Crippen LogP contribution in [0.25, 0.3) is 0 Å². The Hall–Kier alpha value is -4.89. The van der Waals surface area contributed by atoms with Crippen LogP contribution in [0.4, 0.5) is 26.0 Å². The summed E-state index contributed by atoms with van der Waals surface area (Å²) in [5.41, 5.74) is 6.94. The van der Waals surface area contributed by atoms with Crippen LogP contribution in [0.2, 0.25) is 5.02 Å². The SMILES string of the molecule is N#Cc1ccnc(N2C(=O)CC[C@H]2C(=O)N(c2cccc(N)c2C=N)C(C(=O)NC2CC(F)(F)C2)c2ccccc2Cl)c1. The van der Waals surface area contributed by atoms with E-state index >= 15 is 0 Å². The maximum absolute atomic E-state index is 14.7. The number of nitrogens with zero attached hydrogens (tertiary/aromatic N) is 4. The van der Waals surface area contributed by atoms with Gasteiger partial charge in [-0.2, -0.15) is 5.26 Å². The van der Waals surface area contributed by atoms with Gasteiger partial charge >= 0.3 is 0 Å². The van der Waals surface area contributed by atoms with Crippen molar-refractivity contribution in [2.24, 2.45) is 0 Å². The minimum absolute atomic E-state index is 0.0167. The number of nitriles is 1. The second-order valence-electron chi connectivity index (χ2n) is 10.4. The first-order valence-corrected chi connectivity index (χ1v) is 13.8. The number of pyridine rings is 1. The zero-order valence-electron chi connectivity index (χ0n) is 22.6. The van der Waals surface area contributed by atoms with Crippen molar-refractivity contribution >= 4 is 52.7 Å². The molecule has 2 fully saturated rings. The lowest BCUT2D eigenvalue weighted by molar-refractivity contribution is -0.133. The number of hydrogen-bond acceptors (Lipinski definition) is 7. The lowest BCUT2D eigenvalue weighted by atomic mass is 9.87. The van der Waals surface area contributed by atoms with Crippen LogP contribution >= 0.6 is 11.6 Å². The highest BCUT2D eigenvalue weighted by Gasteiger charge is 2.49. The summed E-state index contributed by atoms with van der Waals surface area (Å²) in [6.45, 7) is 0. The topological polar surface area (TPSA) is 156 Å². The number of amides is 3. The van der Waals surface area contributed by atoms with Crippen molar-refractivity contribution in [2.75, 3.05) is 15.5 Å². The van der Waals surface area contributed by atoms with Gasteiger partial charge in [0, 0.05) is 59.6 Å². The van der Waals surface area contributed by atoms with Crippen LogP contribution in [0.3, 0.4) is 0 Å². The standard InChI is InChI=1S/C30H26ClF2N7O3/c31-21-5-2-1-4-19(21)27(28(42)38-18-13-30(32,33)14-18)40(23-7-3-6-22(36)20(23)16-35)29(43)24-8-9-26(41)39(24)25-12-17(15-34)10-11-37-25/h1-7,10-12,16,18,24,27,35H,8-9,13-14,36H2,(H,38,42)/t24-,27?/m0/s1. The lowest BCUT2D eigenvalue weighted by Gasteiger charge is -2.39. The molecule has 1 saturated heterocycles. The van der Waals surface area contributed by atoms with Crippen molar-refractivity contribution in [3.05, 3.63) is 82.5 Å². The molecule has 43 heavy (non-hydrogen) atoms. The molecule has 1 aliphatic heterocycles. The van der Waals surface area contributed by atoms with E-state index in [4.69, 9.17) is 22.7 Å². The van der Waals surface area contributed by atoms with E-state index in [1.165, 1.54) is 47.5 Å². The lowest BCUT2D eigenvalue weighted by Crippen LogP contribution is -2.56. The largest absolute Gasteiger partial charge is 0.398 e. The number of alkyl halides is 2. The predicted octanol–water partition coefficient (Wildman–Crippen LogP) is 4.37. The molecule has 10 nitrogen and oxygen atoms in total. The second kappa shape index (κ2) is 11.8.